The molecule has 0 saturated carbocycles. The van der Waals surface area contributed by atoms with Gasteiger partial charge in [0, 0.05) is 25.2 Å². The van der Waals surface area contributed by atoms with Gasteiger partial charge in [-0.25, -0.2) is 0 Å². The maximum Gasteiger partial charge on any atom is 0.191 e. The van der Waals surface area contributed by atoms with Crippen LogP contribution in [0.3, 0.4) is 0 Å². The summed E-state index contributed by atoms with van der Waals surface area (Å²) in [6.45, 7) is 5.05. The van der Waals surface area contributed by atoms with E-state index in [1.807, 2.05) is 24.3 Å². The van der Waals surface area contributed by atoms with Crippen LogP contribution >= 0.6 is 11.6 Å². The van der Waals surface area contributed by atoms with Crippen molar-refractivity contribution in [1.82, 2.24) is 10.6 Å². The molecule has 0 fully saturated rings. The lowest BCUT2D eigenvalue weighted by atomic mass is 10.2. The van der Waals surface area contributed by atoms with Crippen molar-refractivity contribution in [2.75, 3.05) is 13.6 Å². The van der Waals surface area contributed by atoms with Crippen LogP contribution in [0, 0.1) is 0 Å². The summed E-state index contributed by atoms with van der Waals surface area (Å²) in [5.74, 6) is 0.759. The molecule has 4 heteroatoms. The molecule has 3 nitrogen and oxygen atoms in total. The highest BCUT2D eigenvalue weighted by atomic mass is 35.5. The first-order valence-corrected chi connectivity index (χ1v) is 5.44. The van der Waals surface area contributed by atoms with Gasteiger partial charge in [0.2, 0.25) is 0 Å². The molecule has 1 aromatic rings. The highest BCUT2D eigenvalue weighted by Crippen LogP contribution is 2.08. The van der Waals surface area contributed by atoms with Crippen molar-refractivity contribution < 1.29 is 0 Å². The van der Waals surface area contributed by atoms with Gasteiger partial charge in [-0.15, -0.1) is 6.58 Å². The van der Waals surface area contributed by atoms with Crippen molar-refractivity contribution in [2.45, 2.75) is 6.54 Å². The summed E-state index contributed by atoms with van der Waals surface area (Å²) < 4.78 is 0. The van der Waals surface area contributed by atoms with E-state index >= 15 is 0 Å². The van der Waals surface area contributed by atoms with Gasteiger partial charge < -0.3 is 10.6 Å². The minimum absolute atomic E-state index is 0.695. The minimum Gasteiger partial charge on any atom is -0.353 e. The van der Waals surface area contributed by atoms with Gasteiger partial charge in [-0.2, -0.15) is 0 Å². The van der Waals surface area contributed by atoms with Gasteiger partial charge in [0.1, 0.15) is 0 Å². The molecular formula is C12H16ClN3. The number of nitrogens with one attached hydrogen (secondary N) is 2. The van der Waals surface area contributed by atoms with E-state index in [-0.39, 0.29) is 0 Å². The van der Waals surface area contributed by atoms with Crippen LogP contribution in [-0.2, 0) is 6.54 Å². The zero-order chi connectivity index (χ0) is 11.8. The summed E-state index contributed by atoms with van der Waals surface area (Å²) in [6, 6.07) is 7.71. The fourth-order valence-electron chi connectivity index (χ4n) is 1.18. The Hall–Kier alpha value is -1.48. The van der Waals surface area contributed by atoms with Crippen molar-refractivity contribution >= 4 is 17.6 Å². The highest BCUT2D eigenvalue weighted by Gasteiger charge is 1.96. The number of rotatable bonds is 4. The molecule has 0 aliphatic heterocycles. The number of aliphatic imine (C=N–C) groups is 1. The molecular weight excluding hydrogens is 222 g/mol. The SMILES string of the molecule is C=CCNC(=NC)NCc1ccc(Cl)cc1. The van der Waals surface area contributed by atoms with Gasteiger partial charge in [-0.1, -0.05) is 29.8 Å². The predicted molar refractivity (Wildman–Crippen MR) is 69.9 cm³/mol. The molecule has 1 rings (SSSR count). The second-order valence-electron chi connectivity index (χ2n) is 3.22. The molecule has 1 aromatic carbocycles. The fraction of sp³-hybridized carbons (Fsp3) is 0.250. The normalized spacial score (nSPS) is 11.0. The number of benzene rings is 1. The Morgan fingerprint density at radius 3 is 2.62 bits per heavy atom. The summed E-state index contributed by atoms with van der Waals surface area (Å²) in [6.07, 6.45) is 1.79. The average Bonchev–Trinajstić information content (AvgIpc) is 2.32. The lowest BCUT2D eigenvalue weighted by Gasteiger charge is -2.10. The molecule has 0 saturated heterocycles. The molecule has 2 N–H and O–H groups in total. The molecule has 0 heterocycles. The fourth-order valence-corrected chi connectivity index (χ4v) is 1.30. The van der Waals surface area contributed by atoms with Crippen LogP contribution in [0.4, 0.5) is 0 Å². The van der Waals surface area contributed by atoms with Crippen LogP contribution < -0.4 is 10.6 Å². The van der Waals surface area contributed by atoms with Crippen molar-refractivity contribution in [3.63, 3.8) is 0 Å². The van der Waals surface area contributed by atoms with E-state index in [4.69, 9.17) is 11.6 Å². The molecule has 0 atom stereocenters. The number of guanidine groups is 1. The molecule has 0 radical (unpaired) electrons. The Labute approximate surface area is 101 Å². The first kappa shape index (κ1) is 12.6. The highest BCUT2D eigenvalue weighted by molar-refractivity contribution is 6.30. The number of hydrogen-bond donors (Lipinski definition) is 2. The summed E-state index contributed by atoms with van der Waals surface area (Å²) >= 11 is 5.80. The summed E-state index contributed by atoms with van der Waals surface area (Å²) in [7, 11) is 1.74. The Balaban J connectivity index is 2.43. The van der Waals surface area contributed by atoms with E-state index < -0.39 is 0 Å². The zero-order valence-corrected chi connectivity index (χ0v) is 10.1. The third-order valence-corrected chi connectivity index (χ3v) is 2.26. The summed E-state index contributed by atoms with van der Waals surface area (Å²) in [5, 5.41) is 7.03. The molecule has 0 amide bonds. The van der Waals surface area contributed by atoms with Crippen molar-refractivity contribution in [1.29, 1.82) is 0 Å². The monoisotopic (exact) mass is 237 g/mol. The van der Waals surface area contributed by atoms with Gasteiger partial charge in [-0.3, -0.25) is 4.99 Å². The smallest absolute Gasteiger partial charge is 0.191 e. The van der Waals surface area contributed by atoms with Crippen molar-refractivity contribution in [2.24, 2.45) is 4.99 Å². The van der Waals surface area contributed by atoms with E-state index in [9.17, 15) is 0 Å². The molecule has 0 unspecified atom stereocenters. The second kappa shape index (κ2) is 6.90. The van der Waals surface area contributed by atoms with Crippen LogP contribution in [0.15, 0.2) is 41.9 Å². The molecule has 16 heavy (non-hydrogen) atoms. The summed E-state index contributed by atoms with van der Waals surface area (Å²) in [4.78, 5) is 4.08. The molecule has 0 spiro atoms. The van der Waals surface area contributed by atoms with Crippen LogP contribution in [0.5, 0.6) is 0 Å². The van der Waals surface area contributed by atoms with E-state index in [0.717, 1.165) is 16.5 Å². The van der Waals surface area contributed by atoms with Gasteiger partial charge >= 0.3 is 0 Å². The molecule has 0 aliphatic rings. The molecule has 0 bridgehead atoms. The first-order chi connectivity index (χ1) is 7.76. The van der Waals surface area contributed by atoms with E-state index in [1.54, 1.807) is 13.1 Å². The Morgan fingerprint density at radius 2 is 2.06 bits per heavy atom. The third-order valence-electron chi connectivity index (χ3n) is 2.01. The molecule has 0 aliphatic carbocycles. The topological polar surface area (TPSA) is 36.4 Å². The van der Waals surface area contributed by atoms with Crippen LogP contribution in [-0.4, -0.2) is 19.6 Å². The van der Waals surface area contributed by atoms with Crippen LogP contribution in [0.2, 0.25) is 5.02 Å². The number of hydrogen-bond acceptors (Lipinski definition) is 1. The van der Waals surface area contributed by atoms with Gasteiger partial charge in [0.25, 0.3) is 0 Å². The first-order valence-electron chi connectivity index (χ1n) is 5.06. The Morgan fingerprint density at radius 1 is 1.38 bits per heavy atom. The average molecular weight is 238 g/mol. The van der Waals surface area contributed by atoms with Gasteiger partial charge in [0.15, 0.2) is 5.96 Å². The lowest BCUT2D eigenvalue weighted by Crippen LogP contribution is -2.36. The zero-order valence-electron chi connectivity index (χ0n) is 9.33. The van der Waals surface area contributed by atoms with Gasteiger partial charge in [-0.05, 0) is 17.7 Å². The van der Waals surface area contributed by atoms with Crippen LogP contribution in [0.25, 0.3) is 0 Å². The molecule has 0 aromatic heterocycles. The minimum atomic E-state index is 0.695. The largest absolute Gasteiger partial charge is 0.353 e. The van der Waals surface area contributed by atoms with Crippen molar-refractivity contribution in [3.8, 4) is 0 Å². The van der Waals surface area contributed by atoms with Gasteiger partial charge in [0.05, 0.1) is 0 Å². The number of halogens is 1. The maximum atomic E-state index is 5.80. The third kappa shape index (κ3) is 4.36. The van der Waals surface area contributed by atoms with E-state index in [0.29, 0.717) is 13.1 Å². The predicted octanol–water partition coefficient (Wildman–Crippen LogP) is 2.19. The lowest BCUT2D eigenvalue weighted by molar-refractivity contribution is 0.847. The van der Waals surface area contributed by atoms with E-state index in [2.05, 4.69) is 22.2 Å². The Kier molecular flexibility index (Phi) is 5.43. The quantitative estimate of drug-likeness (QED) is 0.479. The number of nitrogens with zero attached hydrogens (tertiary/aromatic N) is 1. The maximum absolute atomic E-state index is 5.80. The molecule has 86 valence electrons. The Bertz CT molecular complexity index is 357. The van der Waals surface area contributed by atoms with Crippen molar-refractivity contribution in [3.05, 3.63) is 47.5 Å². The standard InChI is InChI=1S/C12H16ClN3/c1-3-8-15-12(14-2)16-9-10-4-6-11(13)7-5-10/h3-7H,1,8-9H2,2H3,(H2,14,15,16). The second-order valence-corrected chi connectivity index (χ2v) is 3.66. The summed E-state index contributed by atoms with van der Waals surface area (Å²) in [5.41, 5.74) is 1.16. The van der Waals surface area contributed by atoms with E-state index in [1.165, 1.54) is 0 Å². The van der Waals surface area contributed by atoms with Crippen LogP contribution in [0.1, 0.15) is 5.56 Å².